The summed E-state index contributed by atoms with van der Waals surface area (Å²) in [4.78, 5) is 28.9. The zero-order chi connectivity index (χ0) is 28.5. The van der Waals surface area contributed by atoms with Crippen molar-refractivity contribution in [3.8, 4) is 5.75 Å². The normalized spacial score (nSPS) is 11.9. The van der Waals surface area contributed by atoms with Gasteiger partial charge in [0.15, 0.2) is 6.61 Å². The fraction of sp³-hybridized carbons (Fsp3) is 0.355. The van der Waals surface area contributed by atoms with Gasteiger partial charge in [0.2, 0.25) is 5.91 Å². The van der Waals surface area contributed by atoms with Crippen LogP contribution in [-0.4, -0.2) is 35.9 Å². The average molecular weight is 634 g/mol. The first-order chi connectivity index (χ1) is 18.5. The van der Waals surface area contributed by atoms with Gasteiger partial charge in [0.05, 0.1) is 4.47 Å². The topological polar surface area (TPSA) is 58.6 Å². The highest BCUT2D eigenvalue weighted by atomic mass is 79.9. The van der Waals surface area contributed by atoms with Crippen LogP contribution in [0.2, 0.25) is 10.0 Å². The number of carbonyl (C=O) groups is 2. The van der Waals surface area contributed by atoms with Crippen LogP contribution in [0.3, 0.4) is 0 Å². The highest BCUT2D eigenvalue weighted by Gasteiger charge is 2.31. The maximum absolute atomic E-state index is 13.8. The molecule has 3 aromatic carbocycles. The lowest BCUT2D eigenvalue weighted by atomic mass is 10.0. The zero-order valence-corrected chi connectivity index (χ0v) is 25.8. The van der Waals surface area contributed by atoms with Gasteiger partial charge in [0, 0.05) is 29.6 Å². The molecule has 208 valence electrons. The molecule has 0 fully saturated rings. The maximum Gasteiger partial charge on any atom is 0.261 e. The van der Waals surface area contributed by atoms with Crippen molar-refractivity contribution >= 4 is 50.9 Å². The van der Waals surface area contributed by atoms with E-state index in [0.29, 0.717) is 40.2 Å². The van der Waals surface area contributed by atoms with Gasteiger partial charge in [-0.2, -0.15) is 0 Å². The van der Waals surface area contributed by atoms with Gasteiger partial charge in [-0.15, -0.1) is 0 Å². The van der Waals surface area contributed by atoms with Crippen LogP contribution in [0.1, 0.15) is 50.3 Å². The quantitative estimate of drug-likeness (QED) is 0.223. The number of benzene rings is 3. The Hall–Kier alpha value is -2.54. The van der Waals surface area contributed by atoms with E-state index in [1.807, 2.05) is 62.4 Å². The van der Waals surface area contributed by atoms with Crippen molar-refractivity contribution in [3.05, 3.63) is 97.9 Å². The molecule has 0 aliphatic heterocycles. The van der Waals surface area contributed by atoms with Crippen LogP contribution in [0.25, 0.3) is 0 Å². The Bertz CT molecular complexity index is 1270. The van der Waals surface area contributed by atoms with Gasteiger partial charge in [0.25, 0.3) is 5.91 Å². The molecule has 0 aliphatic rings. The summed E-state index contributed by atoms with van der Waals surface area (Å²) in [6, 6.07) is 19.8. The molecule has 0 aliphatic carbocycles. The fourth-order valence-corrected chi connectivity index (χ4v) is 5.00. The molecule has 2 amide bonds. The van der Waals surface area contributed by atoms with Crippen LogP contribution < -0.4 is 10.1 Å². The van der Waals surface area contributed by atoms with Gasteiger partial charge < -0.3 is 15.0 Å². The molecule has 0 saturated carbocycles. The summed E-state index contributed by atoms with van der Waals surface area (Å²) in [6.45, 7) is 8.66. The average Bonchev–Trinajstić information content (AvgIpc) is 2.90. The van der Waals surface area contributed by atoms with Crippen molar-refractivity contribution in [1.29, 1.82) is 0 Å². The second-order valence-electron chi connectivity index (χ2n) is 10.2. The van der Waals surface area contributed by atoms with Crippen LogP contribution >= 0.6 is 39.1 Å². The molecule has 8 heteroatoms. The first-order valence-corrected chi connectivity index (χ1v) is 14.6. The number of nitrogens with zero attached hydrogens (tertiary/aromatic N) is 1. The largest absolute Gasteiger partial charge is 0.483 e. The summed E-state index contributed by atoms with van der Waals surface area (Å²) in [5, 5.41) is 3.93. The Morgan fingerprint density at radius 3 is 2.31 bits per heavy atom. The molecule has 3 aromatic rings. The first-order valence-electron chi connectivity index (χ1n) is 13.0. The molecule has 0 radical (unpaired) electrons. The highest BCUT2D eigenvalue weighted by Crippen LogP contribution is 2.29. The van der Waals surface area contributed by atoms with Crippen LogP contribution in [-0.2, 0) is 22.6 Å². The third-order valence-electron chi connectivity index (χ3n) is 6.29. The minimum Gasteiger partial charge on any atom is -0.483 e. The van der Waals surface area contributed by atoms with Crippen molar-refractivity contribution in [2.24, 2.45) is 5.92 Å². The van der Waals surface area contributed by atoms with Crippen LogP contribution in [0.5, 0.6) is 5.75 Å². The second-order valence-corrected chi connectivity index (χ2v) is 11.9. The van der Waals surface area contributed by atoms with E-state index in [1.165, 1.54) is 0 Å². The first kappa shape index (κ1) is 31.0. The van der Waals surface area contributed by atoms with Crippen molar-refractivity contribution in [3.63, 3.8) is 0 Å². The molecule has 0 unspecified atom stereocenters. The Kier molecular flexibility index (Phi) is 11.7. The predicted octanol–water partition coefficient (Wildman–Crippen LogP) is 7.67. The molecule has 5 nitrogen and oxygen atoms in total. The second kappa shape index (κ2) is 14.7. The number of halogens is 3. The van der Waals surface area contributed by atoms with Gasteiger partial charge in [-0.3, -0.25) is 9.59 Å². The molecule has 1 N–H and O–H groups in total. The molecule has 0 spiro atoms. The smallest absolute Gasteiger partial charge is 0.261 e. The van der Waals surface area contributed by atoms with Gasteiger partial charge >= 0.3 is 0 Å². The Labute approximate surface area is 250 Å². The van der Waals surface area contributed by atoms with Gasteiger partial charge in [-0.05, 0) is 68.7 Å². The number of nitrogens with one attached hydrogen (secondary N) is 1. The lowest BCUT2D eigenvalue weighted by molar-refractivity contribution is -0.142. The van der Waals surface area contributed by atoms with E-state index < -0.39 is 6.04 Å². The van der Waals surface area contributed by atoms with E-state index in [-0.39, 0.29) is 30.9 Å². The highest BCUT2D eigenvalue weighted by molar-refractivity contribution is 9.10. The van der Waals surface area contributed by atoms with Crippen molar-refractivity contribution < 1.29 is 14.3 Å². The van der Waals surface area contributed by atoms with Gasteiger partial charge in [-0.1, -0.05) is 93.4 Å². The number of ether oxygens (including phenoxy) is 1. The number of amides is 2. The molecule has 0 aromatic heterocycles. The summed E-state index contributed by atoms with van der Waals surface area (Å²) >= 11 is 16.2. The van der Waals surface area contributed by atoms with E-state index in [4.69, 9.17) is 27.9 Å². The van der Waals surface area contributed by atoms with E-state index in [2.05, 4.69) is 35.1 Å². The summed E-state index contributed by atoms with van der Waals surface area (Å²) in [5.41, 5.74) is 2.78. The Morgan fingerprint density at radius 1 is 0.974 bits per heavy atom. The Morgan fingerprint density at radius 2 is 1.69 bits per heavy atom. The monoisotopic (exact) mass is 632 g/mol. The molecule has 3 rings (SSSR count). The van der Waals surface area contributed by atoms with Crippen molar-refractivity contribution in [1.82, 2.24) is 10.2 Å². The molecule has 1 atom stereocenters. The summed E-state index contributed by atoms with van der Waals surface area (Å²) in [7, 11) is 0. The minimum absolute atomic E-state index is 0.123. The van der Waals surface area contributed by atoms with Crippen LogP contribution in [0, 0.1) is 5.92 Å². The number of rotatable bonds is 12. The molecule has 39 heavy (non-hydrogen) atoms. The lowest BCUT2D eigenvalue weighted by Gasteiger charge is -2.32. The molecule has 0 bridgehead atoms. The maximum atomic E-state index is 13.8. The fourth-order valence-electron chi connectivity index (χ4n) is 4.03. The Balaban J connectivity index is 1.93. The van der Waals surface area contributed by atoms with Gasteiger partial charge in [-0.25, -0.2) is 0 Å². The van der Waals surface area contributed by atoms with Crippen LogP contribution in [0.4, 0.5) is 0 Å². The van der Waals surface area contributed by atoms with E-state index in [1.54, 1.807) is 23.1 Å². The SMILES string of the molecule is CC(C)CNC(=O)[C@H](Cc1ccccc1)N(Cc1ccc(Cl)cc1Cl)C(=O)COc1ccc(C(C)C)cc1Br. The third kappa shape index (κ3) is 9.26. The third-order valence-corrected chi connectivity index (χ3v) is 7.49. The van der Waals surface area contributed by atoms with Crippen molar-refractivity contribution in [2.75, 3.05) is 13.2 Å². The van der Waals surface area contributed by atoms with E-state index >= 15 is 0 Å². The number of hydrogen-bond donors (Lipinski definition) is 1. The number of hydrogen-bond acceptors (Lipinski definition) is 3. The summed E-state index contributed by atoms with van der Waals surface area (Å²) in [6.07, 6.45) is 0.342. The van der Waals surface area contributed by atoms with E-state index in [9.17, 15) is 9.59 Å². The molecule has 0 saturated heterocycles. The predicted molar refractivity (Wildman–Crippen MR) is 163 cm³/mol. The van der Waals surface area contributed by atoms with Gasteiger partial charge in [0.1, 0.15) is 11.8 Å². The number of carbonyl (C=O) groups excluding carboxylic acids is 2. The standard InChI is InChI=1S/C31H35BrCl2N2O3/c1-20(2)17-35-31(38)28(14-22-8-6-5-7-9-22)36(18-24-10-12-25(33)16-27(24)34)30(37)19-39-29-13-11-23(21(3)4)15-26(29)32/h5-13,15-16,20-21,28H,14,17-19H2,1-4H3,(H,35,38)/t28-/m0/s1. The zero-order valence-electron chi connectivity index (χ0n) is 22.7. The molecular formula is C31H35BrCl2N2O3. The lowest BCUT2D eigenvalue weighted by Crippen LogP contribution is -2.52. The van der Waals surface area contributed by atoms with Crippen LogP contribution in [0.15, 0.2) is 71.2 Å². The molecule has 0 heterocycles. The minimum atomic E-state index is -0.777. The summed E-state index contributed by atoms with van der Waals surface area (Å²) in [5.74, 6) is 0.617. The van der Waals surface area contributed by atoms with E-state index in [0.717, 1.165) is 15.6 Å². The summed E-state index contributed by atoms with van der Waals surface area (Å²) < 4.78 is 6.72. The molecular weight excluding hydrogens is 599 g/mol. The van der Waals surface area contributed by atoms with Crippen molar-refractivity contribution in [2.45, 2.75) is 52.6 Å².